The van der Waals surface area contributed by atoms with Crippen molar-refractivity contribution in [2.24, 2.45) is 11.8 Å². The molecule has 29 heavy (non-hydrogen) atoms. The second kappa shape index (κ2) is 11.9. The van der Waals surface area contributed by atoms with Gasteiger partial charge in [0.05, 0.1) is 6.04 Å². The summed E-state index contributed by atoms with van der Waals surface area (Å²) in [6, 6.07) is -2.79. The van der Waals surface area contributed by atoms with Gasteiger partial charge in [0.1, 0.15) is 6.29 Å². The maximum absolute atomic E-state index is 13.8. The number of amides is 2. The molecule has 0 rings (SSSR count). The fourth-order valence-electron chi connectivity index (χ4n) is 3.11. The van der Waals surface area contributed by atoms with Crippen molar-refractivity contribution >= 4 is 24.4 Å². The van der Waals surface area contributed by atoms with Gasteiger partial charge in [-0.15, -0.1) is 0 Å². The number of carbonyl (C=O) groups is 4. The number of hydrogen-bond acceptors (Lipinski definition) is 5. The monoisotopic (exact) mass is 419 g/mol. The van der Waals surface area contributed by atoms with Gasteiger partial charge < -0.3 is 14.6 Å². The summed E-state index contributed by atoms with van der Waals surface area (Å²) in [5.74, 6) is -1.93. The Balaban J connectivity index is 6.09. The summed E-state index contributed by atoms with van der Waals surface area (Å²) in [6.45, 7) is 8.87. The minimum absolute atomic E-state index is 0.0281. The van der Waals surface area contributed by atoms with Gasteiger partial charge in [-0.3, -0.25) is 19.7 Å². The van der Waals surface area contributed by atoms with Crippen molar-refractivity contribution < 1.29 is 28.0 Å². The largest absolute Gasteiger partial charge is 0.329 e. The number of nitrogens with zero attached hydrogens (tertiary/aromatic N) is 2. The number of rotatable bonds is 13. The molecule has 0 unspecified atom stereocenters. The van der Waals surface area contributed by atoms with Gasteiger partial charge in [0.25, 0.3) is 12.3 Å². The predicted octanol–water partition coefficient (Wildman–Crippen LogP) is 2.09. The van der Waals surface area contributed by atoms with Crippen LogP contribution in [0.15, 0.2) is 0 Å². The molecule has 0 aliphatic heterocycles. The molecule has 0 aromatic rings. The molecule has 2 amide bonds. The zero-order valence-corrected chi connectivity index (χ0v) is 18.4. The Morgan fingerprint density at radius 3 is 2.00 bits per heavy atom. The number of nitrogens with one attached hydrogen (secondary N) is 1. The van der Waals surface area contributed by atoms with E-state index in [0.29, 0.717) is 19.0 Å². The van der Waals surface area contributed by atoms with Crippen LogP contribution in [0.2, 0.25) is 0 Å². The van der Waals surface area contributed by atoms with Crippen LogP contribution in [-0.2, 0) is 19.2 Å². The second-order valence-corrected chi connectivity index (χ2v) is 8.12. The van der Waals surface area contributed by atoms with Gasteiger partial charge in [0.15, 0.2) is 18.0 Å². The molecule has 0 heterocycles. The molecule has 3 atom stereocenters. The van der Waals surface area contributed by atoms with Gasteiger partial charge in [-0.05, 0) is 24.7 Å². The summed E-state index contributed by atoms with van der Waals surface area (Å²) in [6.07, 6.45) is -1.45. The second-order valence-electron chi connectivity index (χ2n) is 8.12. The normalized spacial score (nSPS) is 15.7. The molecule has 0 aromatic carbocycles. The highest BCUT2D eigenvalue weighted by Gasteiger charge is 2.45. The first kappa shape index (κ1) is 27.1. The Morgan fingerprint density at radius 1 is 1.10 bits per heavy atom. The molecule has 0 spiro atoms. The lowest BCUT2D eigenvalue weighted by Crippen LogP contribution is -2.67. The Kier molecular flexibility index (Phi) is 11.2. The molecule has 0 aliphatic carbocycles. The quantitative estimate of drug-likeness (QED) is 0.365. The van der Waals surface area contributed by atoms with Crippen LogP contribution in [0.3, 0.4) is 0 Å². The van der Waals surface area contributed by atoms with Crippen molar-refractivity contribution in [2.45, 2.75) is 78.1 Å². The van der Waals surface area contributed by atoms with Gasteiger partial charge in [-0.1, -0.05) is 34.6 Å². The molecule has 9 heteroatoms. The lowest BCUT2D eigenvalue weighted by atomic mass is 9.93. The van der Waals surface area contributed by atoms with Crippen LogP contribution in [0.25, 0.3) is 0 Å². The third kappa shape index (κ3) is 7.13. The van der Waals surface area contributed by atoms with E-state index in [1.807, 2.05) is 13.8 Å². The van der Waals surface area contributed by atoms with Crippen LogP contribution < -0.4 is 5.32 Å². The predicted molar refractivity (Wildman–Crippen MR) is 106 cm³/mol. The van der Waals surface area contributed by atoms with Gasteiger partial charge in [0.2, 0.25) is 5.91 Å². The van der Waals surface area contributed by atoms with Crippen molar-refractivity contribution in [3.8, 4) is 0 Å². The Morgan fingerprint density at radius 2 is 1.66 bits per heavy atom. The standard InChI is InChI=1S/C20H35F2N3O4/c1-8-9-16(28)24(6)17(18(21)22)19(29)25(7)20(12-27,10-13(2)3)23-15(11-26)14(4)5/h11-15,17-18,23H,8-10H2,1-7H3/t15-,17+,20-/m0/s1. The summed E-state index contributed by atoms with van der Waals surface area (Å²) in [7, 11) is 2.39. The molecular weight excluding hydrogens is 384 g/mol. The number of aldehydes is 2. The molecule has 7 nitrogen and oxygen atoms in total. The van der Waals surface area contributed by atoms with Crippen LogP contribution in [0.4, 0.5) is 8.78 Å². The molecule has 168 valence electrons. The van der Waals surface area contributed by atoms with Gasteiger partial charge >= 0.3 is 0 Å². The van der Waals surface area contributed by atoms with E-state index in [2.05, 4.69) is 5.32 Å². The van der Waals surface area contributed by atoms with E-state index in [-0.39, 0.29) is 24.7 Å². The molecule has 0 bridgehead atoms. The van der Waals surface area contributed by atoms with E-state index in [1.54, 1.807) is 20.8 Å². The van der Waals surface area contributed by atoms with Crippen LogP contribution in [0.5, 0.6) is 0 Å². The Labute approximate surface area is 172 Å². The lowest BCUT2D eigenvalue weighted by Gasteiger charge is -2.43. The van der Waals surface area contributed by atoms with Crippen molar-refractivity contribution in [1.82, 2.24) is 15.1 Å². The number of hydrogen-bond donors (Lipinski definition) is 1. The average Bonchev–Trinajstić information content (AvgIpc) is 2.63. The maximum atomic E-state index is 13.8. The first-order chi connectivity index (χ1) is 13.4. The molecule has 0 radical (unpaired) electrons. The molecule has 0 saturated carbocycles. The van der Waals surface area contributed by atoms with Crippen molar-refractivity contribution in [1.29, 1.82) is 0 Å². The van der Waals surface area contributed by atoms with Crippen LogP contribution in [0, 0.1) is 11.8 Å². The molecule has 0 saturated heterocycles. The van der Waals surface area contributed by atoms with Gasteiger partial charge in [0, 0.05) is 20.5 Å². The highest BCUT2D eigenvalue weighted by molar-refractivity contribution is 5.90. The number of carbonyl (C=O) groups excluding carboxylic acids is 4. The first-order valence-corrected chi connectivity index (χ1v) is 9.89. The zero-order valence-electron chi connectivity index (χ0n) is 18.4. The number of likely N-dealkylation sites (N-methyl/N-ethyl adjacent to an activating group) is 2. The summed E-state index contributed by atoms with van der Waals surface area (Å²) in [4.78, 5) is 50.4. The first-order valence-electron chi connectivity index (χ1n) is 9.89. The lowest BCUT2D eigenvalue weighted by molar-refractivity contribution is -0.157. The third-order valence-corrected chi connectivity index (χ3v) is 4.89. The smallest absolute Gasteiger partial charge is 0.267 e. The molecule has 0 fully saturated rings. The van der Waals surface area contributed by atoms with E-state index in [1.165, 1.54) is 7.05 Å². The molecule has 1 N–H and O–H groups in total. The van der Waals surface area contributed by atoms with E-state index in [0.717, 1.165) is 16.8 Å². The van der Waals surface area contributed by atoms with E-state index in [9.17, 15) is 28.0 Å². The zero-order chi connectivity index (χ0) is 22.9. The Bertz CT molecular complexity index is 572. The van der Waals surface area contributed by atoms with Gasteiger partial charge in [-0.25, -0.2) is 8.78 Å². The third-order valence-electron chi connectivity index (χ3n) is 4.89. The van der Waals surface area contributed by atoms with Crippen LogP contribution in [-0.4, -0.2) is 72.5 Å². The minimum Gasteiger partial charge on any atom is -0.329 e. The summed E-state index contributed by atoms with van der Waals surface area (Å²) >= 11 is 0. The topological polar surface area (TPSA) is 86.8 Å². The van der Waals surface area contributed by atoms with Crippen molar-refractivity contribution in [3.05, 3.63) is 0 Å². The molecular formula is C20H35F2N3O4. The fraction of sp³-hybridized carbons (Fsp3) is 0.800. The Hall–Kier alpha value is -1.90. The van der Waals surface area contributed by atoms with E-state index < -0.39 is 36.0 Å². The fourth-order valence-corrected chi connectivity index (χ4v) is 3.11. The summed E-state index contributed by atoms with van der Waals surface area (Å²) in [5.41, 5.74) is -1.66. The van der Waals surface area contributed by atoms with E-state index >= 15 is 0 Å². The maximum Gasteiger partial charge on any atom is 0.267 e. The van der Waals surface area contributed by atoms with Gasteiger partial charge in [-0.2, -0.15) is 0 Å². The minimum atomic E-state index is -3.13. The molecule has 0 aliphatic rings. The molecule has 0 aromatic heterocycles. The highest BCUT2D eigenvalue weighted by atomic mass is 19.3. The number of halogens is 2. The van der Waals surface area contributed by atoms with Crippen LogP contribution in [0.1, 0.15) is 53.9 Å². The SMILES string of the molecule is CCCC(=O)N(C)[C@@H](C(=O)N(C)[C@](C=O)(CC(C)C)N[C@@H](C=O)C(C)C)C(F)F. The highest BCUT2D eigenvalue weighted by Crippen LogP contribution is 2.24. The number of alkyl halides is 2. The van der Waals surface area contributed by atoms with Crippen molar-refractivity contribution in [2.75, 3.05) is 14.1 Å². The van der Waals surface area contributed by atoms with Crippen molar-refractivity contribution in [3.63, 3.8) is 0 Å². The van der Waals surface area contributed by atoms with E-state index in [4.69, 9.17) is 0 Å². The summed E-state index contributed by atoms with van der Waals surface area (Å²) < 4.78 is 27.5. The van der Waals surface area contributed by atoms with Crippen LogP contribution >= 0.6 is 0 Å². The average molecular weight is 420 g/mol. The summed E-state index contributed by atoms with van der Waals surface area (Å²) in [5, 5.41) is 2.89.